The van der Waals surface area contributed by atoms with Crippen molar-refractivity contribution in [1.82, 2.24) is 0 Å². The highest BCUT2D eigenvalue weighted by atomic mass is 14.2. The molecule has 0 aliphatic heterocycles. The Kier molecular flexibility index (Phi) is 7.49. The Morgan fingerprint density at radius 1 is 0.250 bits per heavy atom. The Bertz CT molecular complexity index is 2180. The second-order valence-corrected chi connectivity index (χ2v) is 10.9. The van der Waals surface area contributed by atoms with Crippen LogP contribution in [0, 0.1) is 0 Å². The molecule has 0 heterocycles. The van der Waals surface area contributed by atoms with E-state index >= 15 is 0 Å². The first-order valence-corrected chi connectivity index (χ1v) is 15.5. The number of hydrogen-bond acceptors (Lipinski definition) is 0. The summed E-state index contributed by atoms with van der Waals surface area (Å²) >= 11 is 0. The van der Waals surface area contributed by atoms with Crippen molar-refractivity contribution in [3.8, 4) is 44.5 Å². The van der Waals surface area contributed by atoms with E-state index in [2.05, 4.69) is 170 Å². The predicted molar refractivity (Wildman–Crippen MR) is 192 cm³/mol. The normalized spacial score (nSPS) is 11.0. The summed E-state index contributed by atoms with van der Waals surface area (Å²) in [6, 6.07) is 61.7. The molecule has 210 valence electrons. The van der Waals surface area contributed by atoms with Gasteiger partial charge in [-0.2, -0.15) is 0 Å². The molecule has 0 bridgehead atoms. The van der Waals surface area contributed by atoms with Crippen LogP contribution < -0.4 is 0 Å². The maximum absolute atomic E-state index is 2.36. The molecular formula is C44H34. The van der Waals surface area contributed by atoms with Crippen LogP contribution in [-0.2, 0) is 0 Å². The second kappa shape index (κ2) is 12.0. The van der Waals surface area contributed by atoms with Gasteiger partial charge in [-0.3, -0.25) is 0 Å². The lowest BCUT2D eigenvalue weighted by Gasteiger charge is -2.18. The third kappa shape index (κ3) is 4.95. The number of hydrogen-bond donors (Lipinski definition) is 0. The number of rotatable bonds is 4. The van der Waals surface area contributed by atoms with Crippen molar-refractivity contribution >= 4 is 32.3 Å². The van der Waals surface area contributed by atoms with Crippen molar-refractivity contribution in [3.63, 3.8) is 0 Å². The average Bonchev–Trinajstić information content (AvgIpc) is 3.11. The van der Waals surface area contributed by atoms with Gasteiger partial charge in [0, 0.05) is 0 Å². The topological polar surface area (TPSA) is 0 Å². The molecule has 0 aliphatic rings. The van der Waals surface area contributed by atoms with Crippen molar-refractivity contribution in [2.45, 2.75) is 13.8 Å². The van der Waals surface area contributed by atoms with Crippen LogP contribution >= 0.6 is 0 Å². The Balaban J connectivity index is 0.00000153. The lowest BCUT2D eigenvalue weighted by Crippen LogP contribution is -1.91. The smallest absolute Gasteiger partial charge is 0.00262 e. The highest BCUT2D eigenvalue weighted by Gasteiger charge is 2.17. The molecule has 44 heavy (non-hydrogen) atoms. The molecule has 0 aromatic heterocycles. The van der Waals surface area contributed by atoms with Crippen molar-refractivity contribution in [2.75, 3.05) is 0 Å². The van der Waals surface area contributed by atoms with Gasteiger partial charge in [-0.15, -0.1) is 0 Å². The van der Waals surface area contributed by atoms with E-state index in [1.54, 1.807) is 0 Å². The van der Waals surface area contributed by atoms with Gasteiger partial charge in [0.25, 0.3) is 0 Å². The first-order valence-electron chi connectivity index (χ1n) is 15.5. The molecule has 0 saturated carbocycles. The van der Waals surface area contributed by atoms with Gasteiger partial charge in [0.2, 0.25) is 0 Å². The van der Waals surface area contributed by atoms with Crippen molar-refractivity contribution in [3.05, 3.63) is 170 Å². The highest BCUT2D eigenvalue weighted by Crippen LogP contribution is 2.44. The van der Waals surface area contributed by atoms with Crippen LogP contribution in [0.15, 0.2) is 170 Å². The third-order valence-corrected chi connectivity index (χ3v) is 8.42. The van der Waals surface area contributed by atoms with Gasteiger partial charge in [0.05, 0.1) is 0 Å². The molecule has 0 N–H and O–H groups in total. The van der Waals surface area contributed by atoms with E-state index < -0.39 is 0 Å². The minimum atomic E-state index is 1.22. The minimum Gasteiger partial charge on any atom is -0.0683 e. The van der Waals surface area contributed by atoms with E-state index in [1.165, 1.54) is 76.8 Å². The van der Waals surface area contributed by atoms with Gasteiger partial charge in [-0.25, -0.2) is 0 Å². The molecule has 0 spiro atoms. The predicted octanol–water partition coefficient (Wildman–Crippen LogP) is 12.8. The molecule has 8 rings (SSSR count). The monoisotopic (exact) mass is 562 g/mol. The molecule has 0 radical (unpaired) electrons. The summed E-state index contributed by atoms with van der Waals surface area (Å²) in [6.45, 7) is 4.00. The minimum absolute atomic E-state index is 1.22. The summed E-state index contributed by atoms with van der Waals surface area (Å²) in [5, 5.41) is 7.62. The van der Waals surface area contributed by atoms with Crippen LogP contribution in [0.3, 0.4) is 0 Å². The molecule has 0 amide bonds. The molecule has 8 aromatic rings. The van der Waals surface area contributed by atoms with Gasteiger partial charge < -0.3 is 0 Å². The Labute approximate surface area is 259 Å². The van der Waals surface area contributed by atoms with Crippen LogP contribution in [-0.4, -0.2) is 0 Å². The molecule has 8 aromatic carbocycles. The molecule has 0 atom stereocenters. The standard InChI is InChI=1S/C42H28.C2H6/c1-2-12-29(13-3-1)32-16-10-17-33(26-32)34-18-11-19-35(28-34)41-37-20-6-8-22-39(37)42(40-23-9-7-21-38(40)41)36-25-24-30-14-4-5-15-31(30)27-36;1-2/h1-28H;1-2H3. The maximum atomic E-state index is 2.36. The third-order valence-electron chi connectivity index (χ3n) is 8.42. The van der Waals surface area contributed by atoms with Crippen molar-refractivity contribution in [1.29, 1.82) is 0 Å². The molecule has 0 aliphatic carbocycles. The molecule has 0 heteroatoms. The fraction of sp³-hybridized carbons (Fsp3) is 0.0455. The van der Waals surface area contributed by atoms with Crippen LogP contribution in [0.2, 0.25) is 0 Å². The van der Waals surface area contributed by atoms with Gasteiger partial charge in [0.1, 0.15) is 0 Å². The Morgan fingerprint density at radius 2 is 0.636 bits per heavy atom. The fourth-order valence-corrected chi connectivity index (χ4v) is 6.46. The molecule has 0 saturated heterocycles. The Morgan fingerprint density at radius 3 is 1.20 bits per heavy atom. The largest absolute Gasteiger partial charge is 0.0683 e. The van der Waals surface area contributed by atoms with Crippen LogP contribution in [0.4, 0.5) is 0 Å². The first kappa shape index (κ1) is 27.4. The molecule has 0 fully saturated rings. The van der Waals surface area contributed by atoms with Gasteiger partial charge in [-0.1, -0.05) is 166 Å². The van der Waals surface area contributed by atoms with Crippen LogP contribution in [0.25, 0.3) is 76.8 Å². The first-order chi connectivity index (χ1) is 21.8. The van der Waals surface area contributed by atoms with Gasteiger partial charge in [-0.05, 0) is 95.0 Å². The average molecular weight is 563 g/mol. The summed E-state index contributed by atoms with van der Waals surface area (Å²) in [5.74, 6) is 0. The van der Waals surface area contributed by atoms with E-state index in [9.17, 15) is 0 Å². The summed E-state index contributed by atoms with van der Waals surface area (Å²) in [4.78, 5) is 0. The lowest BCUT2D eigenvalue weighted by molar-refractivity contribution is 1.50. The van der Waals surface area contributed by atoms with E-state index in [0.717, 1.165) is 0 Å². The quantitative estimate of drug-likeness (QED) is 0.187. The van der Waals surface area contributed by atoms with E-state index in [1.807, 2.05) is 13.8 Å². The maximum Gasteiger partial charge on any atom is -0.00262 e. The van der Waals surface area contributed by atoms with Crippen LogP contribution in [0.5, 0.6) is 0 Å². The highest BCUT2D eigenvalue weighted by molar-refractivity contribution is 6.21. The van der Waals surface area contributed by atoms with Gasteiger partial charge >= 0.3 is 0 Å². The SMILES string of the molecule is CC.c1ccc(-c2cccc(-c3cccc(-c4c5ccccc5c(-c5ccc6ccccc6c5)c5ccccc45)c3)c2)cc1. The van der Waals surface area contributed by atoms with Crippen molar-refractivity contribution in [2.24, 2.45) is 0 Å². The van der Waals surface area contributed by atoms with Crippen LogP contribution in [0.1, 0.15) is 13.8 Å². The number of fused-ring (bicyclic) bond motifs is 3. The second-order valence-electron chi connectivity index (χ2n) is 10.9. The summed E-state index contributed by atoms with van der Waals surface area (Å²) < 4.78 is 0. The summed E-state index contributed by atoms with van der Waals surface area (Å²) in [5.41, 5.74) is 9.96. The zero-order chi connectivity index (χ0) is 29.9. The fourth-order valence-electron chi connectivity index (χ4n) is 6.46. The zero-order valence-corrected chi connectivity index (χ0v) is 25.2. The Hall–Kier alpha value is -5.46. The van der Waals surface area contributed by atoms with E-state index in [4.69, 9.17) is 0 Å². The van der Waals surface area contributed by atoms with Crippen molar-refractivity contribution < 1.29 is 0 Å². The zero-order valence-electron chi connectivity index (χ0n) is 25.2. The van der Waals surface area contributed by atoms with Gasteiger partial charge in [0.15, 0.2) is 0 Å². The molecule has 0 unspecified atom stereocenters. The summed E-state index contributed by atoms with van der Waals surface area (Å²) in [6.07, 6.45) is 0. The van der Waals surface area contributed by atoms with E-state index in [-0.39, 0.29) is 0 Å². The number of benzene rings is 8. The molecular weight excluding hydrogens is 528 g/mol. The molecule has 0 nitrogen and oxygen atoms in total. The summed E-state index contributed by atoms with van der Waals surface area (Å²) in [7, 11) is 0. The lowest BCUT2D eigenvalue weighted by atomic mass is 9.85. The van der Waals surface area contributed by atoms with E-state index in [0.29, 0.717) is 0 Å².